The molecule has 1 aliphatic heterocycles. The second kappa shape index (κ2) is 5.15. The van der Waals surface area contributed by atoms with Crippen LogP contribution >= 0.6 is 0 Å². The van der Waals surface area contributed by atoms with Crippen molar-refractivity contribution in [3.63, 3.8) is 0 Å². The molecule has 1 saturated heterocycles. The summed E-state index contributed by atoms with van der Waals surface area (Å²) < 4.78 is 10.7. The van der Waals surface area contributed by atoms with Gasteiger partial charge in [0.25, 0.3) is 0 Å². The Hall–Kier alpha value is -0.610. The molecular formula is C12H22O4. The predicted octanol–water partition coefficient (Wildman–Crippen LogP) is 1.36. The first-order chi connectivity index (χ1) is 7.41. The number of carbonyl (C=O) groups is 1. The van der Waals surface area contributed by atoms with Crippen molar-refractivity contribution < 1.29 is 19.4 Å². The van der Waals surface area contributed by atoms with Crippen LogP contribution in [0, 0.1) is 11.3 Å². The molecule has 1 N–H and O–H groups in total. The zero-order valence-electron chi connectivity index (χ0n) is 10.5. The number of rotatable bonds is 4. The van der Waals surface area contributed by atoms with Crippen molar-refractivity contribution in [3.05, 3.63) is 0 Å². The predicted molar refractivity (Wildman–Crippen MR) is 59.9 cm³/mol. The lowest BCUT2D eigenvalue weighted by Crippen LogP contribution is -2.36. The van der Waals surface area contributed by atoms with Crippen molar-refractivity contribution in [3.8, 4) is 0 Å². The Bertz CT molecular complexity index is 253. The second-order valence-corrected chi connectivity index (χ2v) is 4.90. The fourth-order valence-electron chi connectivity index (χ4n) is 2.42. The van der Waals surface area contributed by atoms with Crippen LogP contribution in [0.15, 0.2) is 0 Å². The largest absolute Gasteiger partial charge is 0.466 e. The highest BCUT2D eigenvalue weighted by molar-refractivity contribution is 5.65. The van der Waals surface area contributed by atoms with Gasteiger partial charge in [-0.15, -0.1) is 0 Å². The first-order valence-corrected chi connectivity index (χ1v) is 5.81. The van der Waals surface area contributed by atoms with Crippen molar-refractivity contribution in [2.45, 2.75) is 46.3 Å². The molecule has 0 aromatic rings. The van der Waals surface area contributed by atoms with E-state index in [0.717, 1.165) is 6.42 Å². The standard InChI is InChI=1S/C12H22O4/c1-8-9(2)16-11(7-13)12(8,4)5-6-15-10(3)14/h8-9,11,13H,5-7H2,1-4H3/t8-,9+,11+,12-/m0/s1. The number of carbonyl (C=O) groups excluding carboxylic acids is 1. The number of hydrogen-bond donors (Lipinski definition) is 1. The van der Waals surface area contributed by atoms with Crippen LogP contribution in [-0.2, 0) is 14.3 Å². The molecule has 16 heavy (non-hydrogen) atoms. The van der Waals surface area contributed by atoms with Gasteiger partial charge in [-0.05, 0) is 19.3 Å². The SMILES string of the molecule is CC(=O)OCC[C@]1(C)[C@@H](CO)O[C@H](C)[C@@H]1C. The summed E-state index contributed by atoms with van der Waals surface area (Å²) in [6, 6.07) is 0. The van der Waals surface area contributed by atoms with Crippen LogP contribution < -0.4 is 0 Å². The normalized spacial score (nSPS) is 38.7. The molecule has 0 radical (unpaired) electrons. The van der Waals surface area contributed by atoms with Gasteiger partial charge in [-0.2, -0.15) is 0 Å². The lowest BCUT2D eigenvalue weighted by Gasteiger charge is -2.32. The molecular weight excluding hydrogens is 208 g/mol. The van der Waals surface area contributed by atoms with E-state index in [9.17, 15) is 9.90 Å². The van der Waals surface area contributed by atoms with E-state index in [1.807, 2.05) is 6.92 Å². The van der Waals surface area contributed by atoms with Gasteiger partial charge in [0, 0.05) is 12.3 Å². The Labute approximate surface area is 96.9 Å². The quantitative estimate of drug-likeness (QED) is 0.741. The zero-order chi connectivity index (χ0) is 12.3. The maximum absolute atomic E-state index is 10.7. The van der Waals surface area contributed by atoms with Crippen LogP contribution in [0.25, 0.3) is 0 Å². The Morgan fingerprint density at radius 2 is 2.12 bits per heavy atom. The Morgan fingerprint density at radius 3 is 2.62 bits per heavy atom. The smallest absolute Gasteiger partial charge is 0.302 e. The third-order valence-electron chi connectivity index (χ3n) is 3.97. The number of aliphatic hydroxyl groups is 1. The van der Waals surface area contributed by atoms with Crippen molar-refractivity contribution in [1.29, 1.82) is 0 Å². The van der Waals surface area contributed by atoms with Gasteiger partial charge in [0.15, 0.2) is 0 Å². The minimum absolute atomic E-state index is 0.0191. The molecule has 4 nitrogen and oxygen atoms in total. The highest BCUT2D eigenvalue weighted by Crippen LogP contribution is 2.45. The van der Waals surface area contributed by atoms with Gasteiger partial charge in [-0.3, -0.25) is 4.79 Å². The molecule has 0 aromatic carbocycles. The Morgan fingerprint density at radius 1 is 1.50 bits per heavy atom. The number of aliphatic hydroxyl groups excluding tert-OH is 1. The van der Waals surface area contributed by atoms with Crippen molar-refractivity contribution in [1.82, 2.24) is 0 Å². The summed E-state index contributed by atoms with van der Waals surface area (Å²) in [4.78, 5) is 10.7. The van der Waals surface area contributed by atoms with Crippen molar-refractivity contribution >= 4 is 5.97 Å². The maximum atomic E-state index is 10.7. The van der Waals surface area contributed by atoms with Crippen LogP contribution in [0.1, 0.15) is 34.1 Å². The lowest BCUT2D eigenvalue weighted by molar-refractivity contribution is -0.142. The van der Waals surface area contributed by atoms with Gasteiger partial charge in [-0.1, -0.05) is 13.8 Å². The maximum Gasteiger partial charge on any atom is 0.302 e. The molecule has 0 spiro atoms. The van der Waals surface area contributed by atoms with E-state index in [1.54, 1.807) is 0 Å². The van der Waals surface area contributed by atoms with E-state index in [-0.39, 0.29) is 30.2 Å². The summed E-state index contributed by atoms with van der Waals surface area (Å²) >= 11 is 0. The molecule has 1 heterocycles. The summed E-state index contributed by atoms with van der Waals surface area (Å²) in [5, 5.41) is 9.31. The second-order valence-electron chi connectivity index (χ2n) is 4.90. The van der Waals surface area contributed by atoms with E-state index < -0.39 is 0 Å². The summed E-state index contributed by atoms with van der Waals surface area (Å²) in [5.74, 6) is 0.0870. The topological polar surface area (TPSA) is 55.8 Å². The average Bonchev–Trinajstić information content (AvgIpc) is 2.42. The van der Waals surface area contributed by atoms with E-state index >= 15 is 0 Å². The van der Waals surface area contributed by atoms with Crippen molar-refractivity contribution in [2.24, 2.45) is 11.3 Å². The highest BCUT2D eigenvalue weighted by Gasteiger charge is 2.48. The lowest BCUT2D eigenvalue weighted by atomic mass is 9.72. The van der Waals surface area contributed by atoms with E-state index in [4.69, 9.17) is 9.47 Å². The molecule has 0 saturated carbocycles. The molecule has 0 aliphatic carbocycles. The third-order valence-corrected chi connectivity index (χ3v) is 3.97. The fraction of sp³-hybridized carbons (Fsp3) is 0.917. The molecule has 0 bridgehead atoms. The number of esters is 1. The summed E-state index contributed by atoms with van der Waals surface area (Å²) in [6.07, 6.45) is 0.705. The van der Waals surface area contributed by atoms with Crippen LogP contribution in [-0.4, -0.2) is 36.5 Å². The molecule has 4 heteroatoms. The van der Waals surface area contributed by atoms with Gasteiger partial charge >= 0.3 is 5.97 Å². The van der Waals surface area contributed by atoms with Gasteiger partial charge in [0.2, 0.25) is 0 Å². The minimum Gasteiger partial charge on any atom is -0.466 e. The van der Waals surface area contributed by atoms with Gasteiger partial charge < -0.3 is 14.6 Å². The summed E-state index contributed by atoms with van der Waals surface area (Å²) in [6.45, 7) is 8.04. The van der Waals surface area contributed by atoms with Crippen molar-refractivity contribution in [2.75, 3.05) is 13.2 Å². The van der Waals surface area contributed by atoms with Gasteiger partial charge in [0.1, 0.15) is 0 Å². The third kappa shape index (κ3) is 2.55. The summed E-state index contributed by atoms with van der Waals surface area (Å²) in [5.41, 5.74) is -0.121. The van der Waals surface area contributed by atoms with Crippen LogP contribution in [0.3, 0.4) is 0 Å². The zero-order valence-corrected chi connectivity index (χ0v) is 10.5. The Balaban J connectivity index is 2.61. The molecule has 4 atom stereocenters. The monoisotopic (exact) mass is 230 g/mol. The molecule has 0 amide bonds. The summed E-state index contributed by atoms with van der Waals surface area (Å²) in [7, 11) is 0. The fourth-order valence-corrected chi connectivity index (χ4v) is 2.42. The molecule has 1 aliphatic rings. The molecule has 94 valence electrons. The highest BCUT2D eigenvalue weighted by atomic mass is 16.5. The average molecular weight is 230 g/mol. The minimum atomic E-state index is -0.260. The first-order valence-electron chi connectivity index (χ1n) is 5.81. The number of ether oxygens (including phenoxy) is 2. The van der Waals surface area contributed by atoms with Crippen LogP contribution in [0.4, 0.5) is 0 Å². The first kappa shape index (κ1) is 13.5. The Kier molecular flexibility index (Phi) is 4.33. The van der Waals surface area contributed by atoms with Crippen LogP contribution in [0.5, 0.6) is 0 Å². The van der Waals surface area contributed by atoms with E-state index in [0.29, 0.717) is 12.5 Å². The molecule has 0 aromatic heterocycles. The van der Waals surface area contributed by atoms with Gasteiger partial charge in [0.05, 0.1) is 25.4 Å². The van der Waals surface area contributed by atoms with E-state index in [2.05, 4.69) is 13.8 Å². The van der Waals surface area contributed by atoms with Gasteiger partial charge in [-0.25, -0.2) is 0 Å². The molecule has 1 fully saturated rings. The molecule has 0 unspecified atom stereocenters. The van der Waals surface area contributed by atoms with Crippen LogP contribution in [0.2, 0.25) is 0 Å². The molecule has 1 rings (SSSR count). The van der Waals surface area contributed by atoms with E-state index in [1.165, 1.54) is 6.92 Å². The number of hydrogen-bond acceptors (Lipinski definition) is 4.